The summed E-state index contributed by atoms with van der Waals surface area (Å²) in [6.07, 6.45) is 0. The van der Waals surface area contributed by atoms with Crippen LogP contribution >= 0.6 is 27.7 Å². The van der Waals surface area contributed by atoms with E-state index in [9.17, 15) is 10.1 Å². The molecule has 1 heterocycles. The molecule has 20 heavy (non-hydrogen) atoms. The standard InChI is InChI=1S/C14H11BrN2O2S/c15-11-7-9(17(18)19)5-6-12(11)16-13-8-20-14-4-2-1-3-10(13)14/h1-7,13,16H,8H2. The molecule has 1 N–H and O–H groups in total. The highest BCUT2D eigenvalue weighted by Gasteiger charge is 2.23. The van der Waals surface area contributed by atoms with Gasteiger partial charge < -0.3 is 5.32 Å². The summed E-state index contributed by atoms with van der Waals surface area (Å²) < 4.78 is 0.709. The van der Waals surface area contributed by atoms with Gasteiger partial charge in [0.05, 0.1) is 11.0 Å². The lowest BCUT2D eigenvalue weighted by atomic mass is 10.1. The molecule has 4 nitrogen and oxygen atoms in total. The summed E-state index contributed by atoms with van der Waals surface area (Å²) in [6.45, 7) is 0. The van der Waals surface area contributed by atoms with Gasteiger partial charge in [-0.05, 0) is 33.6 Å². The summed E-state index contributed by atoms with van der Waals surface area (Å²) in [7, 11) is 0. The molecule has 102 valence electrons. The van der Waals surface area contributed by atoms with Crippen molar-refractivity contribution < 1.29 is 4.92 Å². The predicted octanol–water partition coefficient (Wildman–Crippen LogP) is 4.62. The first-order valence-electron chi connectivity index (χ1n) is 6.07. The number of nitro groups is 1. The van der Waals surface area contributed by atoms with Gasteiger partial charge in [0, 0.05) is 32.9 Å². The molecular weight excluding hydrogens is 340 g/mol. The van der Waals surface area contributed by atoms with E-state index in [4.69, 9.17) is 0 Å². The molecule has 0 aliphatic carbocycles. The van der Waals surface area contributed by atoms with E-state index in [-0.39, 0.29) is 11.7 Å². The third-order valence-corrected chi connectivity index (χ3v) is 5.03. The van der Waals surface area contributed by atoms with Crippen LogP contribution in [0.4, 0.5) is 11.4 Å². The van der Waals surface area contributed by atoms with Crippen molar-refractivity contribution in [3.8, 4) is 0 Å². The lowest BCUT2D eigenvalue weighted by molar-refractivity contribution is -0.384. The fraction of sp³-hybridized carbons (Fsp3) is 0.143. The van der Waals surface area contributed by atoms with Gasteiger partial charge in [0.15, 0.2) is 0 Å². The van der Waals surface area contributed by atoms with Crippen molar-refractivity contribution in [3.63, 3.8) is 0 Å². The summed E-state index contributed by atoms with van der Waals surface area (Å²) in [4.78, 5) is 11.6. The predicted molar refractivity (Wildman–Crippen MR) is 84.3 cm³/mol. The Balaban J connectivity index is 1.84. The van der Waals surface area contributed by atoms with Gasteiger partial charge in [-0.25, -0.2) is 0 Å². The van der Waals surface area contributed by atoms with Gasteiger partial charge in [-0.1, -0.05) is 18.2 Å². The number of nitrogens with zero attached hydrogens (tertiary/aromatic N) is 1. The van der Waals surface area contributed by atoms with Gasteiger partial charge in [0.25, 0.3) is 5.69 Å². The van der Waals surface area contributed by atoms with Crippen LogP contribution in [0.2, 0.25) is 0 Å². The lowest BCUT2D eigenvalue weighted by Crippen LogP contribution is -2.10. The summed E-state index contributed by atoms with van der Waals surface area (Å²) >= 11 is 5.21. The van der Waals surface area contributed by atoms with E-state index < -0.39 is 4.92 Å². The highest BCUT2D eigenvalue weighted by atomic mass is 79.9. The van der Waals surface area contributed by atoms with Crippen LogP contribution < -0.4 is 5.32 Å². The second-order valence-corrected chi connectivity index (χ2v) is 6.38. The number of rotatable bonds is 3. The molecule has 1 aliphatic rings. The molecule has 1 unspecified atom stereocenters. The Bertz CT molecular complexity index is 678. The number of hydrogen-bond donors (Lipinski definition) is 1. The third-order valence-electron chi connectivity index (χ3n) is 3.19. The molecule has 0 bridgehead atoms. The molecule has 0 radical (unpaired) electrons. The average Bonchev–Trinajstić information content (AvgIpc) is 2.84. The Kier molecular flexibility index (Phi) is 3.67. The van der Waals surface area contributed by atoms with Crippen LogP contribution in [-0.4, -0.2) is 10.7 Å². The van der Waals surface area contributed by atoms with Crippen LogP contribution in [0.1, 0.15) is 11.6 Å². The molecule has 3 rings (SSSR count). The zero-order valence-electron chi connectivity index (χ0n) is 10.4. The molecule has 2 aromatic rings. The topological polar surface area (TPSA) is 55.2 Å². The first-order valence-corrected chi connectivity index (χ1v) is 7.85. The van der Waals surface area contributed by atoms with E-state index in [2.05, 4.69) is 33.4 Å². The van der Waals surface area contributed by atoms with Crippen molar-refractivity contribution >= 4 is 39.1 Å². The van der Waals surface area contributed by atoms with E-state index in [1.165, 1.54) is 22.6 Å². The number of anilines is 1. The number of benzene rings is 2. The number of nitro benzene ring substituents is 1. The number of fused-ring (bicyclic) bond motifs is 1. The van der Waals surface area contributed by atoms with Gasteiger partial charge >= 0.3 is 0 Å². The van der Waals surface area contributed by atoms with E-state index in [0.717, 1.165) is 11.4 Å². The molecule has 0 amide bonds. The first-order chi connectivity index (χ1) is 9.65. The van der Waals surface area contributed by atoms with Crippen molar-refractivity contribution in [2.24, 2.45) is 0 Å². The normalized spacial score (nSPS) is 16.8. The number of thioether (sulfide) groups is 1. The molecule has 0 fully saturated rings. The van der Waals surface area contributed by atoms with Crippen LogP contribution in [0, 0.1) is 10.1 Å². The second kappa shape index (κ2) is 5.46. The lowest BCUT2D eigenvalue weighted by Gasteiger charge is -2.15. The third kappa shape index (κ3) is 2.53. The Morgan fingerprint density at radius 3 is 2.85 bits per heavy atom. The molecule has 0 spiro atoms. The zero-order chi connectivity index (χ0) is 14.1. The van der Waals surface area contributed by atoms with Crippen LogP contribution in [0.25, 0.3) is 0 Å². The minimum atomic E-state index is -0.394. The summed E-state index contributed by atoms with van der Waals surface area (Å²) in [5.74, 6) is 0.961. The van der Waals surface area contributed by atoms with Crippen molar-refractivity contribution in [1.82, 2.24) is 0 Å². The Morgan fingerprint density at radius 1 is 1.30 bits per heavy atom. The maximum Gasteiger partial charge on any atom is 0.270 e. The zero-order valence-corrected chi connectivity index (χ0v) is 12.8. The summed E-state index contributed by atoms with van der Waals surface area (Å²) in [5, 5.41) is 14.2. The smallest absolute Gasteiger partial charge is 0.270 e. The molecule has 0 saturated carbocycles. The maximum absolute atomic E-state index is 10.7. The highest BCUT2D eigenvalue weighted by molar-refractivity contribution is 9.10. The van der Waals surface area contributed by atoms with Crippen LogP contribution in [0.3, 0.4) is 0 Å². The largest absolute Gasteiger partial charge is 0.376 e. The van der Waals surface area contributed by atoms with E-state index in [0.29, 0.717) is 4.47 Å². The van der Waals surface area contributed by atoms with Crippen molar-refractivity contribution in [2.75, 3.05) is 11.1 Å². The van der Waals surface area contributed by atoms with Crippen molar-refractivity contribution in [1.29, 1.82) is 0 Å². The fourth-order valence-electron chi connectivity index (χ4n) is 2.20. The van der Waals surface area contributed by atoms with Crippen molar-refractivity contribution in [3.05, 3.63) is 62.6 Å². The number of nitrogens with one attached hydrogen (secondary N) is 1. The summed E-state index contributed by atoms with van der Waals surface area (Å²) in [6, 6.07) is 13.3. The van der Waals surface area contributed by atoms with E-state index >= 15 is 0 Å². The molecule has 0 aromatic heterocycles. The van der Waals surface area contributed by atoms with Crippen LogP contribution in [-0.2, 0) is 0 Å². The highest BCUT2D eigenvalue weighted by Crippen LogP contribution is 2.40. The monoisotopic (exact) mass is 350 g/mol. The van der Waals surface area contributed by atoms with Crippen LogP contribution in [0.5, 0.6) is 0 Å². The average molecular weight is 351 g/mol. The molecular formula is C14H11BrN2O2S. The van der Waals surface area contributed by atoms with Gasteiger partial charge in [0.2, 0.25) is 0 Å². The van der Waals surface area contributed by atoms with Crippen LogP contribution in [0.15, 0.2) is 51.8 Å². The van der Waals surface area contributed by atoms with Gasteiger partial charge in [-0.2, -0.15) is 0 Å². The number of hydrogen-bond acceptors (Lipinski definition) is 4. The first kappa shape index (κ1) is 13.5. The Morgan fingerprint density at radius 2 is 2.10 bits per heavy atom. The molecule has 0 saturated heterocycles. The fourth-order valence-corrected chi connectivity index (χ4v) is 3.85. The minimum absolute atomic E-state index is 0.0867. The minimum Gasteiger partial charge on any atom is -0.376 e. The van der Waals surface area contributed by atoms with E-state index in [1.54, 1.807) is 6.07 Å². The molecule has 2 aromatic carbocycles. The molecule has 6 heteroatoms. The van der Waals surface area contributed by atoms with E-state index in [1.807, 2.05) is 23.9 Å². The Labute approximate surface area is 128 Å². The SMILES string of the molecule is O=[N+]([O-])c1ccc(NC2CSc3ccccc32)c(Br)c1. The Hall–Kier alpha value is -1.53. The second-order valence-electron chi connectivity index (χ2n) is 4.47. The van der Waals surface area contributed by atoms with Gasteiger partial charge in [-0.3, -0.25) is 10.1 Å². The quantitative estimate of drug-likeness (QED) is 0.648. The molecule has 1 aliphatic heterocycles. The molecule has 1 atom stereocenters. The summed E-state index contributed by atoms with van der Waals surface area (Å²) in [5.41, 5.74) is 2.24. The maximum atomic E-state index is 10.7. The number of non-ortho nitro benzene ring substituents is 1. The van der Waals surface area contributed by atoms with Crippen molar-refractivity contribution in [2.45, 2.75) is 10.9 Å². The van der Waals surface area contributed by atoms with Gasteiger partial charge in [0.1, 0.15) is 0 Å². The van der Waals surface area contributed by atoms with Gasteiger partial charge in [-0.15, -0.1) is 11.8 Å². The number of halogens is 1.